The largest absolute Gasteiger partial charge is 0.368 e. The maximum absolute atomic E-state index is 13.2. The van der Waals surface area contributed by atoms with Gasteiger partial charge in [0.15, 0.2) is 0 Å². The van der Waals surface area contributed by atoms with Crippen LogP contribution >= 0.6 is 0 Å². The van der Waals surface area contributed by atoms with Crippen LogP contribution in [-0.4, -0.2) is 50.5 Å². The molecule has 1 aliphatic heterocycles. The second-order valence-electron chi connectivity index (χ2n) is 8.28. The first kappa shape index (κ1) is 21.2. The molecule has 0 N–H and O–H groups in total. The van der Waals surface area contributed by atoms with Crippen LogP contribution in [-0.2, 0) is 22.5 Å². The first-order chi connectivity index (χ1) is 16.0. The normalized spacial score (nSPS) is 16.3. The third-order valence-electron chi connectivity index (χ3n) is 5.81. The van der Waals surface area contributed by atoms with Gasteiger partial charge in [-0.15, -0.1) is 5.10 Å². The van der Waals surface area contributed by atoms with E-state index in [0.29, 0.717) is 26.1 Å². The number of carbonyl (C=O) groups is 1. The summed E-state index contributed by atoms with van der Waals surface area (Å²) in [5.41, 5.74) is 5.38. The van der Waals surface area contributed by atoms with Crippen molar-refractivity contribution in [3.8, 4) is 0 Å². The van der Waals surface area contributed by atoms with Crippen LogP contribution in [0.1, 0.15) is 28.6 Å². The Morgan fingerprint density at radius 1 is 1.12 bits per heavy atom. The Labute approximate surface area is 190 Å². The van der Waals surface area contributed by atoms with Crippen molar-refractivity contribution in [2.45, 2.75) is 26.0 Å². The van der Waals surface area contributed by atoms with Crippen molar-refractivity contribution in [1.82, 2.24) is 24.9 Å². The predicted molar refractivity (Wildman–Crippen MR) is 121 cm³/mol. The molecule has 1 amide bonds. The van der Waals surface area contributed by atoms with E-state index in [0.717, 1.165) is 33.5 Å². The molecule has 3 heterocycles. The number of aromatic nitrogens is 4. The van der Waals surface area contributed by atoms with Crippen molar-refractivity contribution < 1.29 is 13.9 Å². The molecule has 1 atom stereocenters. The molecule has 0 saturated carbocycles. The fraction of sp³-hybridized carbons (Fsp3) is 0.280. The number of rotatable bonds is 5. The number of pyridine rings is 1. The number of hydrogen-bond acceptors (Lipinski definition) is 5. The van der Waals surface area contributed by atoms with E-state index in [4.69, 9.17) is 4.74 Å². The van der Waals surface area contributed by atoms with E-state index in [9.17, 15) is 9.18 Å². The molecule has 7 nitrogen and oxygen atoms in total. The minimum Gasteiger partial charge on any atom is -0.368 e. The van der Waals surface area contributed by atoms with E-state index in [1.165, 1.54) is 12.1 Å². The van der Waals surface area contributed by atoms with Crippen LogP contribution in [0.3, 0.4) is 0 Å². The highest BCUT2D eigenvalue weighted by Crippen LogP contribution is 2.24. The Morgan fingerprint density at radius 3 is 2.79 bits per heavy atom. The van der Waals surface area contributed by atoms with Gasteiger partial charge in [0.05, 0.1) is 24.4 Å². The van der Waals surface area contributed by atoms with Crippen LogP contribution in [0.25, 0.3) is 11.0 Å². The molecule has 0 aliphatic carbocycles. The van der Waals surface area contributed by atoms with Gasteiger partial charge in [-0.2, -0.15) is 0 Å². The average Bonchev–Trinajstić information content (AvgIpc) is 3.23. The number of benzene rings is 2. The molecule has 1 unspecified atom stereocenters. The van der Waals surface area contributed by atoms with Crippen molar-refractivity contribution in [3.05, 3.63) is 89.0 Å². The lowest BCUT2D eigenvalue weighted by atomic mass is 10.0. The molecule has 168 valence electrons. The van der Waals surface area contributed by atoms with Gasteiger partial charge in [0.2, 0.25) is 5.91 Å². The van der Waals surface area contributed by atoms with Gasteiger partial charge in [0.25, 0.3) is 0 Å². The van der Waals surface area contributed by atoms with Gasteiger partial charge in [0.1, 0.15) is 24.0 Å². The number of nitrogens with zero attached hydrogens (tertiary/aromatic N) is 5. The van der Waals surface area contributed by atoms with Gasteiger partial charge in [-0.1, -0.05) is 29.5 Å². The van der Waals surface area contributed by atoms with E-state index >= 15 is 0 Å². The molecule has 0 radical (unpaired) electrons. The zero-order valence-electron chi connectivity index (χ0n) is 18.3. The monoisotopic (exact) mass is 445 g/mol. The second-order valence-corrected chi connectivity index (χ2v) is 8.28. The van der Waals surface area contributed by atoms with Crippen LogP contribution in [0.5, 0.6) is 0 Å². The first-order valence-electron chi connectivity index (χ1n) is 10.9. The van der Waals surface area contributed by atoms with E-state index in [-0.39, 0.29) is 24.4 Å². The molecule has 2 aromatic heterocycles. The Morgan fingerprint density at radius 2 is 1.94 bits per heavy atom. The van der Waals surface area contributed by atoms with Crippen LogP contribution < -0.4 is 0 Å². The predicted octanol–water partition coefficient (Wildman–Crippen LogP) is 3.46. The Balaban J connectivity index is 1.30. The summed E-state index contributed by atoms with van der Waals surface area (Å²) in [6.45, 7) is 3.47. The van der Waals surface area contributed by atoms with Gasteiger partial charge in [-0.25, -0.2) is 9.07 Å². The van der Waals surface area contributed by atoms with Crippen molar-refractivity contribution >= 4 is 16.9 Å². The number of morpholine rings is 1. The number of amides is 1. The highest BCUT2D eigenvalue weighted by atomic mass is 19.1. The quantitative estimate of drug-likeness (QED) is 0.470. The summed E-state index contributed by atoms with van der Waals surface area (Å²) in [4.78, 5) is 19.5. The zero-order chi connectivity index (χ0) is 22.8. The number of hydrogen-bond donors (Lipinski definition) is 0. The highest BCUT2D eigenvalue weighted by molar-refractivity contribution is 5.80. The molecule has 8 heteroatoms. The van der Waals surface area contributed by atoms with Gasteiger partial charge < -0.3 is 9.64 Å². The molecule has 33 heavy (non-hydrogen) atoms. The minimum atomic E-state index is -0.304. The standard InChI is InChI=1S/C25H24FN5O2/c1-17-12-19(13-18-6-8-20(26)9-7-18)14-22(27-17)24-15-30(10-11-33-24)25(32)16-31-23-5-3-2-4-21(23)28-29-31/h2-9,12,14,24H,10-11,13,15-16H2,1H3. The fourth-order valence-corrected chi connectivity index (χ4v) is 4.19. The summed E-state index contributed by atoms with van der Waals surface area (Å²) in [5.74, 6) is -0.275. The Bertz CT molecular complexity index is 1290. The zero-order valence-corrected chi connectivity index (χ0v) is 18.3. The molecular weight excluding hydrogens is 421 g/mol. The maximum atomic E-state index is 13.2. The molecular formula is C25H24FN5O2. The summed E-state index contributed by atoms with van der Waals surface area (Å²) in [6, 6.07) is 18.1. The lowest BCUT2D eigenvalue weighted by Crippen LogP contribution is -2.44. The summed E-state index contributed by atoms with van der Waals surface area (Å²) < 4.78 is 20.8. The average molecular weight is 445 g/mol. The van der Waals surface area contributed by atoms with Gasteiger partial charge in [-0.05, 0) is 60.9 Å². The lowest BCUT2D eigenvalue weighted by molar-refractivity contribution is -0.140. The van der Waals surface area contributed by atoms with Gasteiger partial charge >= 0.3 is 0 Å². The number of aryl methyl sites for hydroxylation is 1. The molecule has 1 aliphatic rings. The number of ether oxygens (including phenoxy) is 1. The van der Waals surface area contributed by atoms with Crippen LogP contribution in [0, 0.1) is 12.7 Å². The molecule has 0 spiro atoms. The fourth-order valence-electron chi connectivity index (χ4n) is 4.19. The van der Waals surface area contributed by atoms with E-state index in [2.05, 4.69) is 15.3 Å². The van der Waals surface area contributed by atoms with Gasteiger partial charge in [0, 0.05) is 12.2 Å². The number of fused-ring (bicyclic) bond motifs is 1. The number of para-hydroxylation sites is 1. The Kier molecular flexibility index (Phi) is 5.83. The number of carbonyl (C=O) groups excluding carboxylic acids is 1. The van der Waals surface area contributed by atoms with Crippen molar-refractivity contribution in [1.29, 1.82) is 0 Å². The highest BCUT2D eigenvalue weighted by Gasteiger charge is 2.27. The van der Waals surface area contributed by atoms with E-state index < -0.39 is 0 Å². The lowest BCUT2D eigenvalue weighted by Gasteiger charge is -2.33. The SMILES string of the molecule is Cc1cc(Cc2ccc(F)cc2)cc(C2CN(C(=O)Cn3nnc4ccccc43)CCO2)n1. The summed E-state index contributed by atoms with van der Waals surface area (Å²) in [5, 5.41) is 8.25. The van der Waals surface area contributed by atoms with Crippen molar-refractivity contribution in [3.63, 3.8) is 0 Å². The Hall–Kier alpha value is -3.65. The topological polar surface area (TPSA) is 73.1 Å². The van der Waals surface area contributed by atoms with E-state index in [1.807, 2.05) is 43.3 Å². The van der Waals surface area contributed by atoms with E-state index in [1.54, 1.807) is 21.7 Å². The molecule has 1 fully saturated rings. The second kappa shape index (κ2) is 9.07. The maximum Gasteiger partial charge on any atom is 0.244 e. The number of halogens is 1. The molecule has 2 aromatic carbocycles. The summed E-state index contributed by atoms with van der Waals surface area (Å²) in [6.07, 6.45) is 0.368. The smallest absolute Gasteiger partial charge is 0.244 e. The first-order valence-corrected chi connectivity index (χ1v) is 10.9. The molecule has 4 aromatic rings. The van der Waals surface area contributed by atoms with Crippen molar-refractivity contribution in [2.75, 3.05) is 19.7 Å². The molecule has 1 saturated heterocycles. The van der Waals surface area contributed by atoms with Crippen LogP contribution in [0.2, 0.25) is 0 Å². The third kappa shape index (κ3) is 4.75. The van der Waals surface area contributed by atoms with Crippen molar-refractivity contribution in [2.24, 2.45) is 0 Å². The molecule has 5 rings (SSSR count). The summed E-state index contributed by atoms with van der Waals surface area (Å²) >= 11 is 0. The third-order valence-corrected chi connectivity index (χ3v) is 5.81. The minimum absolute atomic E-state index is 0.0295. The van der Waals surface area contributed by atoms with Crippen LogP contribution in [0.4, 0.5) is 4.39 Å². The van der Waals surface area contributed by atoms with Crippen LogP contribution in [0.15, 0.2) is 60.7 Å². The summed E-state index contributed by atoms with van der Waals surface area (Å²) in [7, 11) is 0. The van der Waals surface area contributed by atoms with Gasteiger partial charge in [-0.3, -0.25) is 9.78 Å². The molecule has 0 bridgehead atoms.